The molecule has 5 heteroatoms. The molecule has 1 amide bonds. The number of aromatic nitrogens is 1. The summed E-state index contributed by atoms with van der Waals surface area (Å²) in [5.41, 5.74) is 1.16. The highest BCUT2D eigenvalue weighted by atomic mass is 79.9. The third-order valence-electron chi connectivity index (χ3n) is 2.90. The molecule has 0 aliphatic rings. The molecule has 2 aromatic rings. The number of carbonyl (C=O) groups is 1. The smallest absolute Gasteiger partial charge is 0.252 e. The Bertz CT molecular complexity index is 592. The molecular weight excluding hydrogens is 372 g/mol. The van der Waals surface area contributed by atoms with E-state index < -0.39 is 0 Å². The number of fused-ring (bicyclic) bond motifs is 1. The molecule has 0 saturated heterocycles. The van der Waals surface area contributed by atoms with Gasteiger partial charge in [0.05, 0.1) is 16.6 Å². The second-order valence-corrected chi connectivity index (χ2v) is 5.78. The highest BCUT2D eigenvalue weighted by Crippen LogP contribution is 2.18. The van der Waals surface area contributed by atoms with Gasteiger partial charge in [0.2, 0.25) is 0 Å². The monoisotopic (exact) mass is 384 g/mol. The molecule has 100 valence electrons. The second-order valence-electron chi connectivity index (χ2n) is 4.66. The van der Waals surface area contributed by atoms with Crippen molar-refractivity contribution in [1.29, 1.82) is 0 Å². The van der Waals surface area contributed by atoms with Crippen LogP contribution in [0.15, 0.2) is 36.5 Å². The van der Waals surface area contributed by atoms with E-state index in [1.54, 1.807) is 12.3 Å². The lowest BCUT2D eigenvalue weighted by Crippen LogP contribution is -2.49. The number of carbonyl (C=O) groups excluding carboxylic acids is 1. The third kappa shape index (κ3) is 3.15. The fourth-order valence-electron chi connectivity index (χ4n) is 1.74. The van der Waals surface area contributed by atoms with Crippen molar-refractivity contribution in [2.45, 2.75) is 12.5 Å². The van der Waals surface area contributed by atoms with Crippen molar-refractivity contribution in [2.75, 3.05) is 10.7 Å². The lowest BCUT2D eigenvalue weighted by molar-refractivity contribution is 0.0924. The van der Waals surface area contributed by atoms with Gasteiger partial charge < -0.3 is 5.32 Å². The van der Waals surface area contributed by atoms with Crippen LogP contribution in [0.5, 0.6) is 0 Å². The molecule has 2 rings (SSSR count). The Morgan fingerprint density at radius 3 is 2.63 bits per heavy atom. The summed E-state index contributed by atoms with van der Waals surface area (Å²) in [5, 5.41) is 5.27. The summed E-state index contributed by atoms with van der Waals surface area (Å²) in [5.74, 6) is -0.0833. The van der Waals surface area contributed by atoms with Gasteiger partial charge >= 0.3 is 0 Å². The van der Waals surface area contributed by atoms with Crippen molar-refractivity contribution >= 4 is 48.7 Å². The molecule has 0 aliphatic heterocycles. The van der Waals surface area contributed by atoms with Gasteiger partial charge in [0, 0.05) is 22.2 Å². The van der Waals surface area contributed by atoms with Crippen molar-refractivity contribution in [2.24, 2.45) is 0 Å². The Morgan fingerprint density at radius 1 is 1.26 bits per heavy atom. The van der Waals surface area contributed by atoms with E-state index >= 15 is 0 Å². The van der Waals surface area contributed by atoms with Crippen LogP contribution in [-0.4, -0.2) is 27.1 Å². The Labute approximate surface area is 129 Å². The molecule has 1 N–H and O–H groups in total. The van der Waals surface area contributed by atoms with Crippen LogP contribution in [0.1, 0.15) is 17.3 Å². The molecule has 0 aliphatic carbocycles. The molecule has 0 unspecified atom stereocenters. The van der Waals surface area contributed by atoms with Crippen molar-refractivity contribution < 1.29 is 4.79 Å². The zero-order chi connectivity index (χ0) is 13.9. The van der Waals surface area contributed by atoms with E-state index in [9.17, 15) is 4.79 Å². The molecule has 0 radical (unpaired) electrons. The summed E-state index contributed by atoms with van der Waals surface area (Å²) in [4.78, 5) is 16.7. The van der Waals surface area contributed by atoms with E-state index in [1.165, 1.54) is 0 Å². The maximum absolute atomic E-state index is 12.4. The average Bonchev–Trinajstić information content (AvgIpc) is 2.46. The zero-order valence-corrected chi connectivity index (χ0v) is 13.7. The number of halogens is 2. The Morgan fingerprint density at radius 2 is 1.95 bits per heavy atom. The van der Waals surface area contributed by atoms with Gasteiger partial charge in [-0.15, -0.1) is 0 Å². The highest BCUT2D eigenvalue weighted by molar-refractivity contribution is 9.09. The predicted octanol–water partition coefficient (Wildman–Crippen LogP) is 3.51. The number of hydrogen-bond donors (Lipinski definition) is 1. The summed E-state index contributed by atoms with van der Waals surface area (Å²) in [6.45, 7) is 1.98. The zero-order valence-electron chi connectivity index (χ0n) is 10.5. The minimum absolute atomic E-state index is 0.0833. The van der Waals surface area contributed by atoms with Crippen LogP contribution in [0.3, 0.4) is 0 Å². The highest BCUT2D eigenvalue weighted by Gasteiger charge is 2.25. The number of rotatable bonds is 4. The molecule has 0 bridgehead atoms. The number of amides is 1. The van der Waals surface area contributed by atoms with Gasteiger partial charge in [-0.05, 0) is 19.1 Å². The van der Waals surface area contributed by atoms with Gasteiger partial charge in [0.1, 0.15) is 0 Å². The lowest BCUT2D eigenvalue weighted by Gasteiger charge is -2.26. The predicted molar refractivity (Wildman–Crippen MR) is 85.2 cm³/mol. The molecule has 0 spiro atoms. The van der Waals surface area contributed by atoms with E-state index in [2.05, 4.69) is 42.2 Å². The van der Waals surface area contributed by atoms with Crippen molar-refractivity contribution in [3.8, 4) is 0 Å². The third-order valence-corrected chi connectivity index (χ3v) is 5.37. The second kappa shape index (κ2) is 6.01. The minimum Gasteiger partial charge on any atom is -0.345 e. The summed E-state index contributed by atoms with van der Waals surface area (Å²) < 4.78 is 0. The van der Waals surface area contributed by atoms with Crippen molar-refractivity contribution in [3.05, 3.63) is 42.1 Å². The number of nitrogens with zero attached hydrogens (tertiary/aromatic N) is 1. The number of para-hydroxylation sites is 1. The topological polar surface area (TPSA) is 42.0 Å². The van der Waals surface area contributed by atoms with E-state index in [0.29, 0.717) is 16.2 Å². The van der Waals surface area contributed by atoms with Crippen LogP contribution >= 0.6 is 31.9 Å². The van der Waals surface area contributed by atoms with E-state index in [1.807, 2.05) is 31.2 Å². The van der Waals surface area contributed by atoms with Gasteiger partial charge in [0.15, 0.2) is 0 Å². The van der Waals surface area contributed by atoms with Crippen LogP contribution in [0.4, 0.5) is 0 Å². The fourth-order valence-corrected chi connectivity index (χ4v) is 2.95. The first-order valence-corrected chi connectivity index (χ1v) is 8.12. The van der Waals surface area contributed by atoms with Gasteiger partial charge in [-0.2, -0.15) is 0 Å². The largest absolute Gasteiger partial charge is 0.345 e. The average molecular weight is 386 g/mol. The molecule has 0 fully saturated rings. The number of alkyl halides is 2. The number of hydrogen-bond acceptors (Lipinski definition) is 2. The van der Waals surface area contributed by atoms with Gasteiger partial charge in [-0.3, -0.25) is 9.78 Å². The maximum Gasteiger partial charge on any atom is 0.252 e. The van der Waals surface area contributed by atoms with Gasteiger partial charge in [-0.25, -0.2) is 0 Å². The quantitative estimate of drug-likeness (QED) is 0.818. The molecule has 0 atom stereocenters. The standard InChI is InChI=1S/C14H14Br2N2O/c1-14(8-15,9-16)18-13(19)11-6-7-17-12-5-3-2-4-10(11)12/h2-7H,8-9H2,1H3,(H,18,19). The van der Waals surface area contributed by atoms with Crippen molar-refractivity contribution in [3.63, 3.8) is 0 Å². The number of pyridine rings is 1. The maximum atomic E-state index is 12.4. The molecule has 0 saturated carbocycles. The molecule has 3 nitrogen and oxygen atoms in total. The SMILES string of the molecule is CC(CBr)(CBr)NC(=O)c1ccnc2ccccc12. The molecule has 19 heavy (non-hydrogen) atoms. The first-order valence-electron chi connectivity index (χ1n) is 5.88. The van der Waals surface area contributed by atoms with Crippen LogP contribution in [0, 0.1) is 0 Å². The molecule has 1 aromatic carbocycles. The van der Waals surface area contributed by atoms with E-state index in [4.69, 9.17) is 0 Å². The Balaban J connectivity index is 2.37. The van der Waals surface area contributed by atoms with Gasteiger partial charge in [0.25, 0.3) is 5.91 Å². The fraction of sp³-hybridized carbons (Fsp3) is 0.286. The molecular formula is C14H14Br2N2O. The number of benzene rings is 1. The Kier molecular flexibility index (Phi) is 4.58. The number of nitrogens with one attached hydrogen (secondary N) is 1. The van der Waals surface area contributed by atoms with Crippen molar-refractivity contribution in [1.82, 2.24) is 10.3 Å². The first kappa shape index (κ1) is 14.5. The summed E-state index contributed by atoms with van der Waals surface area (Å²) in [6, 6.07) is 9.39. The normalized spacial score (nSPS) is 11.5. The van der Waals surface area contributed by atoms with Crippen LogP contribution in [0.25, 0.3) is 10.9 Å². The van der Waals surface area contributed by atoms with Crippen LogP contribution in [-0.2, 0) is 0 Å². The minimum atomic E-state index is -0.318. The molecule has 1 aromatic heterocycles. The van der Waals surface area contributed by atoms with E-state index in [0.717, 1.165) is 10.9 Å². The summed E-state index contributed by atoms with van der Waals surface area (Å²) in [6.07, 6.45) is 1.66. The van der Waals surface area contributed by atoms with E-state index in [-0.39, 0.29) is 11.4 Å². The first-order chi connectivity index (χ1) is 9.09. The molecule has 1 heterocycles. The lowest BCUT2D eigenvalue weighted by atomic mass is 10.1. The summed E-state index contributed by atoms with van der Waals surface area (Å²) >= 11 is 6.85. The van der Waals surface area contributed by atoms with Gasteiger partial charge in [-0.1, -0.05) is 50.1 Å². The van der Waals surface area contributed by atoms with Crippen LogP contribution in [0.2, 0.25) is 0 Å². The van der Waals surface area contributed by atoms with Crippen LogP contribution < -0.4 is 5.32 Å². The summed E-state index contributed by atoms with van der Waals surface area (Å²) in [7, 11) is 0. The Hall–Kier alpha value is -0.940.